The Morgan fingerprint density at radius 3 is 2.31 bits per heavy atom. The van der Waals surface area contributed by atoms with E-state index in [4.69, 9.17) is 11.6 Å². The summed E-state index contributed by atoms with van der Waals surface area (Å²) in [5.74, 6) is -0.453. The summed E-state index contributed by atoms with van der Waals surface area (Å²) in [6.45, 7) is 0. The highest BCUT2D eigenvalue weighted by atomic mass is 35.5. The zero-order valence-electron chi connectivity index (χ0n) is 15.3. The van der Waals surface area contributed by atoms with Crippen LogP contribution in [-0.2, 0) is 0 Å². The van der Waals surface area contributed by atoms with Gasteiger partial charge in [0.2, 0.25) is 0 Å². The van der Waals surface area contributed by atoms with Crippen molar-refractivity contribution in [2.45, 2.75) is 0 Å². The minimum atomic E-state index is -0.314. The third kappa shape index (κ3) is 4.33. The molecule has 0 atom stereocenters. The van der Waals surface area contributed by atoms with Gasteiger partial charge in [0.05, 0.1) is 11.4 Å². The number of hydrogen-bond donors (Lipinski definition) is 0. The van der Waals surface area contributed by atoms with Crippen LogP contribution in [0.25, 0.3) is 23.0 Å². The Morgan fingerprint density at radius 2 is 1.62 bits per heavy atom. The zero-order chi connectivity index (χ0) is 20.2. The van der Waals surface area contributed by atoms with Crippen molar-refractivity contribution in [2.24, 2.45) is 0 Å². The topological polar surface area (TPSA) is 34.9 Å². The number of halogens is 2. The van der Waals surface area contributed by atoms with Gasteiger partial charge in [0.15, 0.2) is 5.78 Å². The summed E-state index contributed by atoms with van der Waals surface area (Å²) in [6, 6.07) is 22.5. The van der Waals surface area contributed by atoms with Gasteiger partial charge < -0.3 is 0 Å². The van der Waals surface area contributed by atoms with Gasteiger partial charge in [-0.15, -0.1) is 0 Å². The van der Waals surface area contributed by atoms with E-state index in [1.807, 2.05) is 36.5 Å². The van der Waals surface area contributed by atoms with Crippen LogP contribution in [0.5, 0.6) is 0 Å². The molecule has 0 saturated carbocycles. The Balaban J connectivity index is 1.72. The lowest BCUT2D eigenvalue weighted by molar-refractivity contribution is 0.104. The van der Waals surface area contributed by atoms with Gasteiger partial charge in [0.25, 0.3) is 0 Å². The fourth-order valence-electron chi connectivity index (χ4n) is 2.93. The average Bonchev–Trinajstić information content (AvgIpc) is 3.18. The number of benzene rings is 3. The van der Waals surface area contributed by atoms with Gasteiger partial charge in [-0.25, -0.2) is 9.07 Å². The van der Waals surface area contributed by atoms with Crippen LogP contribution in [0.15, 0.2) is 91.1 Å². The van der Waals surface area contributed by atoms with E-state index in [1.54, 1.807) is 47.2 Å². The molecule has 3 aromatic carbocycles. The van der Waals surface area contributed by atoms with Gasteiger partial charge in [0, 0.05) is 27.9 Å². The summed E-state index contributed by atoms with van der Waals surface area (Å²) in [7, 11) is 0. The Morgan fingerprint density at radius 1 is 0.931 bits per heavy atom. The van der Waals surface area contributed by atoms with Gasteiger partial charge in [-0.2, -0.15) is 5.10 Å². The van der Waals surface area contributed by atoms with Crippen LogP contribution < -0.4 is 0 Å². The molecule has 0 aliphatic heterocycles. The maximum atomic E-state index is 13.3. The minimum absolute atomic E-state index is 0.140. The number of para-hydroxylation sites is 1. The summed E-state index contributed by atoms with van der Waals surface area (Å²) >= 11 is 5.88. The van der Waals surface area contributed by atoms with Crippen molar-refractivity contribution in [1.82, 2.24) is 9.78 Å². The van der Waals surface area contributed by atoms with E-state index in [2.05, 4.69) is 5.10 Å². The van der Waals surface area contributed by atoms with Gasteiger partial charge >= 0.3 is 0 Å². The molecule has 29 heavy (non-hydrogen) atoms. The van der Waals surface area contributed by atoms with E-state index in [-0.39, 0.29) is 11.6 Å². The molecule has 0 saturated heterocycles. The Kier molecular flexibility index (Phi) is 5.36. The molecule has 3 nitrogen and oxygen atoms in total. The first kappa shape index (κ1) is 18.8. The third-order valence-corrected chi connectivity index (χ3v) is 4.68. The summed E-state index contributed by atoms with van der Waals surface area (Å²) in [4.78, 5) is 12.5. The highest BCUT2D eigenvalue weighted by Crippen LogP contribution is 2.25. The monoisotopic (exact) mass is 402 g/mol. The number of carbonyl (C=O) groups excluding carboxylic acids is 1. The molecular weight excluding hydrogens is 387 g/mol. The number of hydrogen-bond acceptors (Lipinski definition) is 2. The first-order valence-corrected chi connectivity index (χ1v) is 9.37. The molecule has 0 fully saturated rings. The van der Waals surface area contributed by atoms with Crippen molar-refractivity contribution >= 4 is 23.5 Å². The highest BCUT2D eigenvalue weighted by molar-refractivity contribution is 6.30. The molecule has 0 aliphatic rings. The predicted octanol–water partition coefficient (Wildman–Crippen LogP) is 6.23. The number of aromatic nitrogens is 2. The third-order valence-electron chi connectivity index (χ3n) is 4.42. The molecular formula is C24H16ClFN2O. The van der Waals surface area contributed by atoms with E-state index >= 15 is 0 Å². The molecule has 4 aromatic rings. The second-order valence-electron chi connectivity index (χ2n) is 6.42. The minimum Gasteiger partial charge on any atom is -0.289 e. The lowest BCUT2D eigenvalue weighted by atomic mass is 10.1. The molecule has 0 radical (unpaired) electrons. The van der Waals surface area contributed by atoms with Gasteiger partial charge in [0.1, 0.15) is 5.82 Å². The quantitative estimate of drug-likeness (QED) is 0.293. The Hall–Kier alpha value is -3.50. The van der Waals surface area contributed by atoms with Crippen molar-refractivity contribution in [3.63, 3.8) is 0 Å². The maximum Gasteiger partial charge on any atom is 0.185 e. The van der Waals surface area contributed by atoms with Gasteiger partial charge in [-0.05, 0) is 72.8 Å². The molecule has 142 valence electrons. The smallest absolute Gasteiger partial charge is 0.185 e. The van der Waals surface area contributed by atoms with Crippen LogP contribution in [-0.4, -0.2) is 15.6 Å². The summed E-state index contributed by atoms with van der Waals surface area (Å²) in [6.07, 6.45) is 5.07. The molecule has 0 amide bonds. The molecule has 0 unspecified atom stereocenters. The fourth-order valence-corrected chi connectivity index (χ4v) is 3.06. The molecule has 1 aromatic heterocycles. The second kappa shape index (κ2) is 8.25. The number of rotatable bonds is 5. The Labute approximate surface area is 172 Å². The lowest BCUT2D eigenvalue weighted by Crippen LogP contribution is -1.94. The normalized spacial score (nSPS) is 11.1. The summed E-state index contributed by atoms with van der Waals surface area (Å²) in [5.41, 5.74) is 3.61. The van der Waals surface area contributed by atoms with Crippen molar-refractivity contribution in [3.05, 3.63) is 113 Å². The van der Waals surface area contributed by atoms with E-state index in [9.17, 15) is 9.18 Å². The largest absolute Gasteiger partial charge is 0.289 e. The first-order valence-electron chi connectivity index (χ1n) is 8.99. The SMILES string of the molecule is O=C(/C=C\c1cn(-c2ccccc2)nc1-c1ccc(F)cc1)c1ccc(Cl)cc1. The van der Waals surface area contributed by atoms with Crippen LogP contribution >= 0.6 is 11.6 Å². The molecule has 0 bridgehead atoms. The van der Waals surface area contributed by atoms with Gasteiger partial charge in [-0.3, -0.25) is 4.79 Å². The molecule has 0 N–H and O–H groups in total. The van der Waals surface area contributed by atoms with Crippen molar-refractivity contribution in [1.29, 1.82) is 0 Å². The zero-order valence-corrected chi connectivity index (χ0v) is 16.1. The lowest BCUT2D eigenvalue weighted by Gasteiger charge is -2.00. The van der Waals surface area contributed by atoms with E-state index in [0.29, 0.717) is 16.3 Å². The van der Waals surface area contributed by atoms with Crippen molar-refractivity contribution < 1.29 is 9.18 Å². The molecule has 4 rings (SSSR count). The van der Waals surface area contributed by atoms with E-state index < -0.39 is 0 Å². The number of allylic oxidation sites excluding steroid dienone is 1. The number of ketones is 1. The standard InChI is InChI=1S/C24H16ClFN2O/c25-20-11-6-17(7-12-20)23(29)15-10-19-16-28(22-4-2-1-3-5-22)27-24(19)18-8-13-21(26)14-9-18/h1-16H/b15-10-. The number of nitrogens with zero attached hydrogens (tertiary/aromatic N) is 2. The summed E-state index contributed by atoms with van der Waals surface area (Å²) in [5, 5.41) is 5.23. The van der Waals surface area contributed by atoms with Gasteiger partial charge in [-0.1, -0.05) is 29.8 Å². The summed E-state index contributed by atoms with van der Waals surface area (Å²) < 4.78 is 15.1. The fraction of sp³-hybridized carbons (Fsp3) is 0. The molecule has 5 heteroatoms. The van der Waals surface area contributed by atoms with Crippen LogP contribution in [0.2, 0.25) is 5.02 Å². The van der Waals surface area contributed by atoms with Crippen LogP contribution in [0.1, 0.15) is 15.9 Å². The van der Waals surface area contributed by atoms with Crippen LogP contribution in [0, 0.1) is 5.82 Å². The first-order chi connectivity index (χ1) is 14.1. The molecule has 0 aliphatic carbocycles. The predicted molar refractivity (Wildman–Crippen MR) is 114 cm³/mol. The average molecular weight is 403 g/mol. The van der Waals surface area contributed by atoms with Crippen molar-refractivity contribution in [2.75, 3.05) is 0 Å². The van der Waals surface area contributed by atoms with E-state index in [1.165, 1.54) is 18.2 Å². The second-order valence-corrected chi connectivity index (χ2v) is 6.86. The molecule has 1 heterocycles. The van der Waals surface area contributed by atoms with Crippen LogP contribution in [0.3, 0.4) is 0 Å². The maximum absolute atomic E-state index is 13.3. The number of carbonyl (C=O) groups is 1. The van der Waals surface area contributed by atoms with E-state index in [0.717, 1.165) is 16.8 Å². The highest BCUT2D eigenvalue weighted by Gasteiger charge is 2.11. The van der Waals surface area contributed by atoms with Crippen molar-refractivity contribution in [3.8, 4) is 16.9 Å². The van der Waals surface area contributed by atoms with Crippen LogP contribution in [0.4, 0.5) is 4.39 Å². The molecule has 0 spiro atoms. The Bertz CT molecular complexity index is 1160.